The van der Waals surface area contributed by atoms with Gasteiger partial charge in [0.1, 0.15) is 0 Å². The Bertz CT molecular complexity index is 254. The smallest absolute Gasteiger partial charge is 0.237 e. The van der Waals surface area contributed by atoms with Crippen LogP contribution in [0.25, 0.3) is 0 Å². The van der Waals surface area contributed by atoms with Gasteiger partial charge in [-0.15, -0.1) is 0 Å². The molecule has 1 aliphatic carbocycles. The molecule has 3 nitrogen and oxygen atoms in total. The number of hydrogen-bond acceptors (Lipinski definition) is 2. The minimum atomic E-state index is 0.0627. The van der Waals surface area contributed by atoms with E-state index in [1.807, 2.05) is 0 Å². The lowest BCUT2D eigenvalue weighted by molar-refractivity contribution is -0.124. The summed E-state index contributed by atoms with van der Waals surface area (Å²) in [5, 5.41) is 6.41. The van der Waals surface area contributed by atoms with Crippen molar-refractivity contribution >= 4 is 5.91 Å². The molecule has 92 valence electrons. The summed E-state index contributed by atoms with van der Waals surface area (Å²) in [5.74, 6) is 2.52. The zero-order valence-electron chi connectivity index (χ0n) is 10.5. The first-order valence-corrected chi connectivity index (χ1v) is 6.71. The Labute approximate surface area is 98.4 Å². The third-order valence-corrected chi connectivity index (χ3v) is 4.22. The highest BCUT2D eigenvalue weighted by Gasteiger charge is 2.33. The summed E-state index contributed by atoms with van der Waals surface area (Å²) in [6.45, 7) is 6.35. The Morgan fingerprint density at radius 1 is 1.44 bits per heavy atom. The van der Waals surface area contributed by atoms with Crippen LogP contribution in [0.1, 0.15) is 39.5 Å². The van der Waals surface area contributed by atoms with Crippen molar-refractivity contribution in [3.05, 3.63) is 0 Å². The van der Waals surface area contributed by atoms with Gasteiger partial charge in [-0.05, 0) is 43.6 Å². The highest BCUT2D eigenvalue weighted by molar-refractivity contribution is 5.81. The van der Waals surface area contributed by atoms with Crippen LogP contribution in [0.4, 0.5) is 0 Å². The summed E-state index contributed by atoms with van der Waals surface area (Å²) in [7, 11) is 0. The molecule has 1 amide bonds. The van der Waals surface area contributed by atoms with E-state index in [0.717, 1.165) is 37.3 Å². The molecular weight excluding hydrogens is 200 g/mol. The topological polar surface area (TPSA) is 41.1 Å². The Hall–Kier alpha value is -0.570. The SMILES string of the molecule is CCC1CCNC(C(=O)NCC2CC2C)C1. The van der Waals surface area contributed by atoms with E-state index in [-0.39, 0.29) is 11.9 Å². The molecule has 1 heterocycles. The summed E-state index contributed by atoms with van der Waals surface area (Å²) >= 11 is 0. The fraction of sp³-hybridized carbons (Fsp3) is 0.923. The van der Waals surface area contributed by atoms with Gasteiger partial charge in [0.25, 0.3) is 0 Å². The average Bonchev–Trinajstić information content (AvgIpc) is 3.02. The van der Waals surface area contributed by atoms with E-state index in [1.54, 1.807) is 0 Å². The Morgan fingerprint density at radius 3 is 2.81 bits per heavy atom. The van der Waals surface area contributed by atoms with E-state index in [1.165, 1.54) is 19.3 Å². The van der Waals surface area contributed by atoms with Crippen LogP contribution in [-0.4, -0.2) is 25.0 Å². The Balaban J connectivity index is 1.71. The summed E-state index contributed by atoms with van der Waals surface area (Å²) < 4.78 is 0. The normalized spacial score (nSPS) is 38.1. The minimum Gasteiger partial charge on any atom is -0.354 e. The number of carbonyl (C=O) groups excluding carboxylic acids is 1. The lowest BCUT2D eigenvalue weighted by atomic mass is 9.90. The van der Waals surface area contributed by atoms with E-state index in [4.69, 9.17) is 0 Å². The monoisotopic (exact) mass is 224 g/mol. The van der Waals surface area contributed by atoms with E-state index >= 15 is 0 Å². The maximum atomic E-state index is 11.9. The number of hydrogen-bond donors (Lipinski definition) is 2. The van der Waals surface area contributed by atoms with Crippen molar-refractivity contribution in [1.29, 1.82) is 0 Å². The first-order chi connectivity index (χ1) is 7.70. The summed E-state index contributed by atoms with van der Waals surface area (Å²) in [6.07, 6.45) is 4.73. The molecule has 0 radical (unpaired) electrons. The van der Waals surface area contributed by atoms with Gasteiger partial charge < -0.3 is 10.6 Å². The average molecular weight is 224 g/mol. The maximum absolute atomic E-state index is 11.9. The predicted molar refractivity (Wildman–Crippen MR) is 65.1 cm³/mol. The first kappa shape index (κ1) is 11.9. The third kappa shape index (κ3) is 2.97. The molecule has 1 saturated carbocycles. The van der Waals surface area contributed by atoms with E-state index in [0.29, 0.717) is 0 Å². The summed E-state index contributed by atoms with van der Waals surface area (Å²) in [4.78, 5) is 11.9. The van der Waals surface area contributed by atoms with Gasteiger partial charge in [-0.25, -0.2) is 0 Å². The molecule has 2 fully saturated rings. The molecule has 16 heavy (non-hydrogen) atoms. The van der Waals surface area contributed by atoms with Crippen LogP contribution in [0.5, 0.6) is 0 Å². The second-order valence-corrected chi connectivity index (χ2v) is 5.52. The number of carbonyl (C=O) groups is 1. The molecule has 4 unspecified atom stereocenters. The quantitative estimate of drug-likeness (QED) is 0.760. The molecule has 2 rings (SSSR count). The summed E-state index contributed by atoms with van der Waals surface area (Å²) in [5.41, 5.74) is 0. The second kappa shape index (κ2) is 5.17. The lowest BCUT2D eigenvalue weighted by Crippen LogP contribution is -2.49. The largest absolute Gasteiger partial charge is 0.354 e. The molecule has 2 N–H and O–H groups in total. The van der Waals surface area contributed by atoms with Crippen LogP contribution in [0.2, 0.25) is 0 Å². The van der Waals surface area contributed by atoms with Gasteiger partial charge in [0, 0.05) is 6.54 Å². The number of amides is 1. The molecule has 0 bridgehead atoms. The molecule has 1 saturated heterocycles. The van der Waals surface area contributed by atoms with Gasteiger partial charge in [-0.2, -0.15) is 0 Å². The van der Waals surface area contributed by atoms with Crippen LogP contribution in [0.3, 0.4) is 0 Å². The van der Waals surface area contributed by atoms with Crippen molar-refractivity contribution in [1.82, 2.24) is 10.6 Å². The van der Waals surface area contributed by atoms with Gasteiger partial charge in [0.05, 0.1) is 6.04 Å². The van der Waals surface area contributed by atoms with Crippen molar-refractivity contribution in [3.63, 3.8) is 0 Å². The molecule has 1 aliphatic heterocycles. The standard InChI is InChI=1S/C13H24N2O/c1-3-10-4-5-14-12(7-10)13(16)15-8-11-6-9(11)2/h9-12,14H,3-8H2,1-2H3,(H,15,16). The van der Waals surface area contributed by atoms with Crippen LogP contribution >= 0.6 is 0 Å². The van der Waals surface area contributed by atoms with Gasteiger partial charge >= 0.3 is 0 Å². The summed E-state index contributed by atoms with van der Waals surface area (Å²) in [6, 6.07) is 0.0627. The Kier molecular flexibility index (Phi) is 3.85. The fourth-order valence-electron chi connectivity index (χ4n) is 2.61. The van der Waals surface area contributed by atoms with Crippen molar-refractivity contribution < 1.29 is 4.79 Å². The molecule has 0 aromatic heterocycles. The first-order valence-electron chi connectivity index (χ1n) is 6.71. The highest BCUT2D eigenvalue weighted by atomic mass is 16.2. The predicted octanol–water partition coefficient (Wildman–Crippen LogP) is 1.54. The number of nitrogens with one attached hydrogen (secondary N) is 2. The zero-order valence-corrected chi connectivity index (χ0v) is 10.5. The lowest BCUT2D eigenvalue weighted by Gasteiger charge is -2.28. The maximum Gasteiger partial charge on any atom is 0.237 e. The molecule has 0 spiro atoms. The third-order valence-electron chi connectivity index (χ3n) is 4.22. The fourth-order valence-corrected chi connectivity index (χ4v) is 2.61. The van der Waals surface area contributed by atoms with Gasteiger partial charge in [-0.1, -0.05) is 20.3 Å². The molecule has 0 aromatic carbocycles. The zero-order chi connectivity index (χ0) is 11.5. The van der Waals surface area contributed by atoms with Gasteiger partial charge in [0.15, 0.2) is 0 Å². The molecule has 3 heteroatoms. The van der Waals surface area contributed by atoms with E-state index in [9.17, 15) is 4.79 Å². The van der Waals surface area contributed by atoms with Crippen molar-refractivity contribution in [2.24, 2.45) is 17.8 Å². The van der Waals surface area contributed by atoms with Crippen molar-refractivity contribution in [2.45, 2.75) is 45.6 Å². The number of piperidine rings is 1. The second-order valence-electron chi connectivity index (χ2n) is 5.52. The van der Waals surface area contributed by atoms with Crippen molar-refractivity contribution in [2.75, 3.05) is 13.1 Å². The highest BCUT2D eigenvalue weighted by Crippen LogP contribution is 2.36. The van der Waals surface area contributed by atoms with Gasteiger partial charge in [0.2, 0.25) is 5.91 Å². The molecule has 2 aliphatic rings. The van der Waals surface area contributed by atoms with Crippen LogP contribution in [0, 0.1) is 17.8 Å². The van der Waals surface area contributed by atoms with E-state index in [2.05, 4.69) is 24.5 Å². The van der Waals surface area contributed by atoms with Crippen molar-refractivity contribution in [3.8, 4) is 0 Å². The minimum absolute atomic E-state index is 0.0627. The molecule has 0 aromatic rings. The van der Waals surface area contributed by atoms with Gasteiger partial charge in [-0.3, -0.25) is 4.79 Å². The van der Waals surface area contributed by atoms with E-state index < -0.39 is 0 Å². The van der Waals surface area contributed by atoms with Crippen LogP contribution < -0.4 is 10.6 Å². The van der Waals surface area contributed by atoms with Crippen LogP contribution in [-0.2, 0) is 4.79 Å². The van der Waals surface area contributed by atoms with Crippen LogP contribution in [0.15, 0.2) is 0 Å². The number of rotatable bonds is 4. The molecule has 4 atom stereocenters. The molecular formula is C13H24N2O. The Morgan fingerprint density at radius 2 is 2.19 bits per heavy atom.